The van der Waals surface area contributed by atoms with Gasteiger partial charge in [0.05, 0.1) is 6.10 Å². The molecule has 0 saturated carbocycles. The molecule has 1 N–H and O–H groups in total. The topological polar surface area (TPSA) is 37.3 Å². The highest BCUT2D eigenvalue weighted by Crippen LogP contribution is 2.18. The summed E-state index contributed by atoms with van der Waals surface area (Å²) in [5, 5.41) is 9.44. The molecule has 1 rings (SSSR count). The van der Waals surface area contributed by atoms with Crippen molar-refractivity contribution >= 4 is 5.78 Å². The smallest absolute Gasteiger partial charge is 0.158 e. The Morgan fingerprint density at radius 1 is 1.69 bits per heavy atom. The van der Waals surface area contributed by atoms with Crippen molar-refractivity contribution in [1.29, 1.82) is 0 Å². The van der Waals surface area contributed by atoms with Crippen LogP contribution in [-0.4, -0.2) is 17.0 Å². The third-order valence-corrected chi connectivity index (χ3v) is 2.20. The number of Topliss-reactive ketones (excluding diaryl/α,β-unsaturated/α-hetero) is 1. The van der Waals surface area contributed by atoms with E-state index in [0.29, 0.717) is 12.8 Å². The van der Waals surface area contributed by atoms with Gasteiger partial charge in [0, 0.05) is 12.8 Å². The molecule has 0 aromatic carbocycles. The lowest BCUT2D eigenvalue weighted by molar-refractivity contribution is -0.116. The molecule has 1 aliphatic carbocycles. The Labute approximate surface area is 79.0 Å². The maximum atomic E-state index is 11.3. The molecular formula is C11H16O2. The summed E-state index contributed by atoms with van der Waals surface area (Å²) >= 11 is 0. The summed E-state index contributed by atoms with van der Waals surface area (Å²) in [7, 11) is 0. The molecule has 2 nitrogen and oxygen atoms in total. The van der Waals surface area contributed by atoms with Crippen LogP contribution in [0.1, 0.15) is 32.6 Å². The molecule has 0 fully saturated rings. The summed E-state index contributed by atoms with van der Waals surface area (Å²) in [6.07, 6.45) is 8.03. The molecule has 1 atom stereocenters. The Morgan fingerprint density at radius 3 is 3.08 bits per heavy atom. The molecule has 0 aromatic heterocycles. The largest absolute Gasteiger partial charge is 0.389 e. The molecule has 2 heteroatoms. The minimum Gasteiger partial charge on any atom is -0.389 e. The number of aliphatic hydroxyl groups excluding tert-OH is 1. The molecule has 0 aromatic rings. The maximum Gasteiger partial charge on any atom is 0.158 e. The van der Waals surface area contributed by atoms with Gasteiger partial charge in [0.1, 0.15) is 0 Å². The van der Waals surface area contributed by atoms with Gasteiger partial charge < -0.3 is 5.11 Å². The van der Waals surface area contributed by atoms with Crippen LogP contribution in [0.3, 0.4) is 0 Å². The zero-order chi connectivity index (χ0) is 9.68. The summed E-state index contributed by atoms with van der Waals surface area (Å²) in [5.74, 6) is 0.204. The van der Waals surface area contributed by atoms with E-state index in [2.05, 4.69) is 0 Å². The molecule has 72 valence electrons. The molecule has 1 unspecified atom stereocenters. The van der Waals surface area contributed by atoms with Crippen LogP contribution >= 0.6 is 0 Å². The lowest BCUT2D eigenvalue weighted by Crippen LogP contribution is -2.13. The first-order chi connectivity index (χ1) is 6.24. The van der Waals surface area contributed by atoms with Gasteiger partial charge in [-0.05, 0) is 25.3 Å². The monoisotopic (exact) mass is 180 g/mol. The van der Waals surface area contributed by atoms with Crippen molar-refractivity contribution in [2.45, 2.75) is 38.7 Å². The van der Waals surface area contributed by atoms with Crippen LogP contribution in [0.2, 0.25) is 0 Å². The predicted molar refractivity (Wildman–Crippen MR) is 52.4 cm³/mol. The van der Waals surface area contributed by atoms with E-state index < -0.39 is 6.10 Å². The summed E-state index contributed by atoms with van der Waals surface area (Å²) in [4.78, 5) is 11.3. The van der Waals surface area contributed by atoms with Crippen LogP contribution in [0.5, 0.6) is 0 Å². The average molecular weight is 180 g/mol. The summed E-state index contributed by atoms with van der Waals surface area (Å²) in [5.41, 5.74) is 0.803. The molecule has 13 heavy (non-hydrogen) atoms. The van der Waals surface area contributed by atoms with Crippen LogP contribution < -0.4 is 0 Å². The highest BCUT2D eigenvalue weighted by Gasteiger charge is 2.15. The van der Waals surface area contributed by atoms with Crippen molar-refractivity contribution in [2.24, 2.45) is 0 Å². The molecular weight excluding hydrogens is 164 g/mol. The van der Waals surface area contributed by atoms with Crippen molar-refractivity contribution in [2.75, 3.05) is 0 Å². The number of ketones is 1. The number of carbonyl (C=O) groups is 1. The molecule has 0 amide bonds. The lowest BCUT2D eigenvalue weighted by Gasteiger charge is -2.13. The minimum atomic E-state index is -0.502. The first-order valence-electron chi connectivity index (χ1n) is 4.77. The number of hydrogen-bond acceptors (Lipinski definition) is 2. The van der Waals surface area contributed by atoms with Crippen molar-refractivity contribution in [3.05, 3.63) is 23.8 Å². The van der Waals surface area contributed by atoms with E-state index in [9.17, 15) is 9.90 Å². The molecule has 0 radical (unpaired) electrons. The standard InChI is InChI=1S/C11H16O2/c1-2-5-10(12)8-9-6-3-4-7-11(9)13/h2,5-6,10,12H,3-4,7-8H2,1H3/b5-2+. The average Bonchev–Trinajstić information content (AvgIpc) is 2.09. The number of allylic oxidation sites excluding steroid dienone is 2. The number of carbonyl (C=O) groups excluding carboxylic acids is 1. The summed E-state index contributed by atoms with van der Waals surface area (Å²) < 4.78 is 0. The zero-order valence-corrected chi connectivity index (χ0v) is 7.99. The van der Waals surface area contributed by atoms with E-state index in [1.54, 1.807) is 12.2 Å². The zero-order valence-electron chi connectivity index (χ0n) is 7.99. The first kappa shape index (κ1) is 10.2. The minimum absolute atomic E-state index is 0.204. The van der Waals surface area contributed by atoms with E-state index in [0.717, 1.165) is 18.4 Å². The summed E-state index contributed by atoms with van der Waals surface area (Å²) in [6, 6.07) is 0. The number of hydrogen-bond donors (Lipinski definition) is 1. The van der Waals surface area contributed by atoms with Gasteiger partial charge in [-0.1, -0.05) is 18.2 Å². The molecule has 0 spiro atoms. The van der Waals surface area contributed by atoms with E-state index in [1.165, 1.54) is 0 Å². The summed E-state index contributed by atoms with van der Waals surface area (Å²) in [6.45, 7) is 1.86. The Kier molecular flexibility index (Phi) is 3.90. The van der Waals surface area contributed by atoms with Crippen LogP contribution in [0, 0.1) is 0 Å². The Bertz CT molecular complexity index is 238. The quantitative estimate of drug-likeness (QED) is 0.674. The van der Waals surface area contributed by atoms with Crippen molar-refractivity contribution in [1.82, 2.24) is 0 Å². The second-order valence-electron chi connectivity index (χ2n) is 3.34. The molecule has 0 aliphatic heterocycles. The fourth-order valence-corrected chi connectivity index (χ4v) is 1.53. The van der Waals surface area contributed by atoms with Crippen LogP contribution in [-0.2, 0) is 4.79 Å². The third kappa shape index (κ3) is 3.15. The van der Waals surface area contributed by atoms with E-state index in [4.69, 9.17) is 0 Å². The van der Waals surface area contributed by atoms with Gasteiger partial charge >= 0.3 is 0 Å². The van der Waals surface area contributed by atoms with Crippen LogP contribution in [0.15, 0.2) is 23.8 Å². The Hall–Kier alpha value is -0.890. The van der Waals surface area contributed by atoms with E-state index in [1.807, 2.05) is 13.0 Å². The van der Waals surface area contributed by atoms with Crippen molar-refractivity contribution in [3.8, 4) is 0 Å². The van der Waals surface area contributed by atoms with E-state index >= 15 is 0 Å². The van der Waals surface area contributed by atoms with Gasteiger partial charge in [-0.15, -0.1) is 0 Å². The third-order valence-electron chi connectivity index (χ3n) is 2.20. The number of aliphatic hydroxyl groups is 1. The molecule has 0 heterocycles. The fraction of sp³-hybridized carbons (Fsp3) is 0.545. The molecule has 0 bridgehead atoms. The molecule has 1 aliphatic rings. The van der Waals surface area contributed by atoms with Gasteiger partial charge in [-0.25, -0.2) is 0 Å². The highest BCUT2D eigenvalue weighted by molar-refractivity contribution is 5.96. The van der Waals surface area contributed by atoms with Crippen LogP contribution in [0.25, 0.3) is 0 Å². The van der Waals surface area contributed by atoms with Crippen molar-refractivity contribution in [3.63, 3.8) is 0 Å². The number of rotatable bonds is 3. The lowest BCUT2D eigenvalue weighted by atomic mass is 9.94. The van der Waals surface area contributed by atoms with Gasteiger partial charge in [-0.2, -0.15) is 0 Å². The van der Waals surface area contributed by atoms with Gasteiger partial charge in [0.2, 0.25) is 0 Å². The SMILES string of the molecule is C/C=C/C(O)CC1=CCCCC1=O. The fourth-order valence-electron chi connectivity index (χ4n) is 1.53. The second kappa shape index (κ2) is 4.97. The van der Waals surface area contributed by atoms with Crippen molar-refractivity contribution < 1.29 is 9.90 Å². The van der Waals surface area contributed by atoms with Crippen LogP contribution in [0.4, 0.5) is 0 Å². The maximum absolute atomic E-state index is 11.3. The van der Waals surface area contributed by atoms with Gasteiger partial charge in [-0.3, -0.25) is 4.79 Å². The first-order valence-corrected chi connectivity index (χ1v) is 4.77. The predicted octanol–water partition coefficient (Wildman–Crippen LogP) is 1.99. The highest BCUT2D eigenvalue weighted by atomic mass is 16.3. The van der Waals surface area contributed by atoms with Gasteiger partial charge in [0.25, 0.3) is 0 Å². The Morgan fingerprint density at radius 2 is 2.46 bits per heavy atom. The van der Waals surface area contributed by atoms with E-state index in [-0.39, 0.29) is 5.78 Å². The Balaban J connectivity index is 2.52. The van der Waals surface area contributed by atoms with Gasteiger partial charge in [0.15, 0.2) is 5.78 Å². The normalized spacial score (nSPS) is 20.5. The second-order valence-corrected chi connectivity index (χ2v) is 3.34. The molecule has 0 saturated heterocycles.